The van der Waals surface area contributed by atoms with Crippen molar-refractivity contribution in [2.45, 2.75) is 25.1 Å². The van der Waals surface area contributed by atoms with E-state index in [9.17, 15) is 0 Å². The fourth-order valence-electron chi connectivity index (χ4n) is 3.62. The molecular weight excluding hydrogens is 328 g/mol. The van der Waals surface area contributed by atoms with Gasteiger partial charge in [0.1, 0.15) is 18.2 Å². The fourth-order valence-corrected chi connectivity index (χ4v) is 3.62. The van der Waals surface area contributed by atoms with E-state index in [1.54, 1.807) is 19.5 Å². The van der Waals surface area contributed by atoms with Gasteiger partial charge in [-0.15, -0.1) is 0 Å². The number of ether oxygens (including phenoxy) is 2. The van der Waals surface area contributed by atoms with Crippen LogP contribution in [0.4, 0.5) is 0 Å². The molecule has 0 N–H and O–H groups in total. The van der Waals surface area contributed by atoms with Crippen molar-refractivity contribution in [1.82, 2.24) is 19.4 Å². The van der Waals surface area contributed by atoms with E-state index < -0.39 is 0 Å². The van der Waals surface area contributed by atoms with E-state index in [4.69, 9.17) is 14.5 Å². The highest BCUT2D eigenvalue weighted by Gasteiger charge is 2.33. The summed E-state index contributed by atoms with van der Waals surface area (Å²) in [6, 6.07) is 12.4. The van der Waals surface area contributed by atoms with Gasteiger partial charge < -0.3 is 14.0 Å². The van der Waals surface area contributed by atoms with Crippen LogP contribution in [-0.4, -0.2) is 51.8 Å². The van der Waals surface area contributed by atoms with Gasteiger partial charge in [0, 0.05) is 32.9 Å². The number of methoxy groups -OCH3 is 1. The highest BCUT2D eigenvalue weighted by molar-refractivity contribution is 5.75. The molecule has 2 aromatic heterocycles. The third kappa shape index (κ3) is 3.43. The van der Waals surface area contributed by atoms with Crippen LogP contribution in [0.15, 0.2) is 48.8 Å². The second-order valence-corrected chi connectivity index (χ2v) is 6.75. The molecule has 0 saturated carbocycles. The van der Waals surface area contributed by atoms with Gasteiger partial charge in [-0.3, -0.25) is 9.88 Å². The second kappa shape index (κ2) is 7.43. The third-order valence-electron chi connectivity index (χ3n) is 5.12. The first kappa shape index (κ1) is 17.0. The Balaban J connectivity index is 1.49. The summed E-state index contributed by atoms with van der Waals surface area (Å²) in [7, 11) is 3.86. The van der Waals surface area contributed by atoms with Crippen molar-refractivity contribution in [3.05, 3.63) is 54.6 Å². The maximum absolute atomic E-state index is 5.95. The van der Waals surface area contributed by atoms with E-state index in [0.29, 0.717) is 12.6 Å². The van der Waals surface area contributed by atoms with Gasteiger partial charge in [-0.2, -0.15) is 0 Å². The summed E-state index contributed by atoms with van der Waals surface area (Å²) in [5.74, 6) is 1.87. The Morgan fingerprint density at radius 2 is 2.08 bits per heavy atom. The number of fused-ring (bicyclic) bond motifs is 1. The van der Waals surface area contributed by atoms with Crippen LogP contribution in [0.1, 0.15) is 12.2 Å². The first-order chi connectivity index (χ1) is 12.7. The first-order valence-electron chi connectivity index (χ1n) is 8.94. The summed E-state index contributed by atoms with van der Waals surface area (Å²) in [4.78, 5) is 11.3. The molecule has 3 aromatic rings. The molecule has 1 aromatic carbocycles. The average Bonchev–Trinajstić information content (AvgIpc) is 3.22. The normalized spacial score (nSPS) is 20.7. The zero-order valence-electron chi connectivity index (χ0n) is 15.2. The van der Waals surface area contributed by atoms with Gasteiger partial charge in [0.15, 0.2) is 0 Å². The highest BCUT2D eigenvalue weighted by atomic mass is 16.5. The van der Waals surface area contributed by atoms with Crippen LogP contribution in [-0.2, 0) is 18.3 Å². The Kier molecular flexibility index (Phi) is 4.86. The molecule has 1 aliphatic rings. The van der Waals surface area contributed by atoms with Crippen molar-refractivity contribution >= 4 is 11.0 Å². The van der Waals surface area contributed by atoms with Crippen LogP contribution >= 0.6 is 0 Å². The molecule has 0 radical (unpaired) electrons. The molecule has 0 unspecified atom stereocenters. The molecule has 3 heterocycles. The first-order valence-corrected chi connectivity index (χ1v) is 8.94. The van der Waals surface area contributed by atoms with E-state index in [-0.39, 0.29) is 6.10 Å². The predicted octanol–water partition coefficient (Wildman–Crippen LogP) is 2.64. The molecule has 2 atom stereocenters. The predicted molar refractivity (Wildman–Crippen MR) is 100 cm³/mol. The van der Waals surface area contributed by atoms with Crippen LogP contribution < -0.4 is 4.74 Å². The van der Waals surface area contributed by atoms with E-state index >= 15 is 0 Å². The molecule has 0 bridgehead atoms. The van der Waals surface area contributed by atoms with Crippen LogP contribution in [0.2, 0.25) is 0 Å². The number of hydrogen-bond acceptors (Lipinski definition) is 5. The standard InChI is InChI=1S/C20H24N4O2/c1-23-19-8-4-3-7-18(19)22-20(23)13-24-12-17(25-2)10-15(24)14-26-16-6-5-9-21-11-16/h3-9,11,15,17H,10,12-14H2,1-2H3/t15-,17+/m0/s1. The maximum atomic E-state index is 5.95. The van der Waals surface area contributed by atoms with Crippen LogP contribution in [0.5, 0.6) is 5.75 Å². The topological polar surface area (TPSA) is 52.4 Å². The van der Waals surface area contributed by atoms with Gasteiger partial charge in [0.25, 0.3) is 0 Å². The Morgan fingerprint density at radius 3 is 2.85 bits per heavy atom. The SMILES string of the molecule is CO[C@@H]1C[C@@H](COc2cccnc2)N(Cc2nc3ccccc3n2C)C1. The third-order valence-corrected chi connectivity index (χ3v) is 5.12. The summed E-state index contributed by atoms with van der Waals surface area (Å²) in [5.41, 5.74) is 2.20. The monoisotopic (exact) mass is 352 g/mol. The Morgan fingerprint density at radius 1 is 1.19 bits per heavy atom. The van der Waals surface area contributed by atoms with Crippen molar-refractivity contribution < 1.29 is 9.47 Å². The number of likely N-dealkylation sites (tertiary alicyclic amines) is 1. The second-order valence-electron chi connectivity index (χ2n) is 6.75. The summed E-state index contributed by atoms with van der Waals surface area (Å²) in [6.45, 7) is 2.29. The van der Waals surface area contributed by atoms with Crippen molar-refractivity contribution in [2.24, 2.45) is 7.05 Å². The van der Waals surface area contributed by atoms with Gasteiger partial charge >= 0.3 is 0 Å². The van der Waals surface area contributed by atoms with Crippen LogP contribution in [0.3, 0.4) is 0 Å². The fraction of sp³-hybridized carbons (Fsp3) is 0.400. The summed E-state index contributed by atoms with van der Waals surface area (Å²) < 4.78 is 13.7. The molecule has 136 valence electrons. The van der Waals surface area contributed by atoms with Gasteiger partial charge in [0.2, 0.25) is 0 Å². The molecule has 1 fully saturated rings. The molecule has 6 nitrogen and oxygen atoms in total. The number of imidazole rings is 1. The Hall–Kier alpha value is -2.44. The zero-order valence-corrected chi connectivity index (χ0v) is 15.2. The summed E-state index contributed by atoms with van der Waals surface area (Å²) >= 11 is 0. The quantitative estimate of drug-likeness (QED) is 0.683. The van der Waals surface area contributed by atoms with Crippen LogP contribution in [0, 0.1) is 0 Å². The molecular formula is C20H24N4O2. The number of hydrogen-bond donors (Lipinski definition) is 0. The van der Waals surface area contributed by atoms with Gasteiger partial charge in [-0.25, -0.2) is 4.98 Å². The molecule has 6 heteroatoms. The molecule has 1 saturated heterocycles. The largest absolute Gasteiger partial charge is 0.490 e. The minimum Gasteiger partial charge on any atom is -0.490 e. The molecule has 0 aliphatic carbocycles. The lowest BCUT2D eigenvalue weighted by Gasteiger charge is -2.23. The number of benzene rings is 1. The highest BCUT2D eigenvalue weighted by Crippen LogP contribution is 2.24. The number of nitrogens with zero attached hydrogens (tertiary/aromatic N) is 4. The zero-order chi connectivity index (χ0) is 17.9. The Labute approximate surface area is 153 Å². The van der Waals surface area contributed by atoms with E-state index in [1.165, 1.54) is 0 Å². The maximum Gasteiger partial charge on any atom is 0.137 e. The average molecular weight is 352 g/mol. The van der Waals surface area contributed by atoms with E-state index in [0.717, 1.165) is 42.1 Å². The van der Waals surface area contributed by atoms with Gasteiger partial charge in [-0.1, -0.05) is 12.1 Å². The molecule has 26 heavy (non-hydrogen) atoms. The lowest BCUT2D eigenvalue weighted by molar-refractivity contribution is 0.106. The smallest absolute Gasteiger partial charge is 0.137 e. The number of rotatable bonds is 6. The van der Waals surface area contributed by atoms with Crippen molar-refractivity contribution in [1.29, 1.82) is 0 Å². The number of aryl methyl sites for hydroxylation is 1. The van der Waals surface area contributed by atoms with Crippen LogP contribution in [0.25, 0.3) is 11.0 Å². The minimum absolute atomic E-state index is 0.229. The number of para-hydroxylation sites is 2. The van der Waals surface area contributed by atoms with Crippen molar-refractivity contribution in [3.63, 3.8) is 0 Å². The van der Waals surface area contributed by atoms with E-state index in [2.05, 4.69) is 39.7 Å². The minimum atomic E-state index is 0.229. The molecule has 0 spiro atoms. The number of aromatic nitrogens is 3. The number of pyridine rings is 1. The van der Waals surface area contributed by atoms with Gasteiger partial charge in [-0.05, 0) is 30.7 Å². The van der Waals surface area contributed by atoms with Crippen molar-refractivity contribution in [2.75, 3.05) is 20.3 Å². The van der Waals surface area contributed by atoms with Crippen molar-refractivity contribution in [3.8, 4) is 5.75 Å². The lowest BCUT2D eigenvalue weighted by atomic mass is 10.2. The Bertz CT molecular complexity index is 865. The van der Waals surface area contributed by atoms with Gasteiger partial charge in [0.05, 0.1) is 29.9 Å². The molecule has 1 aliphatic heterocycles. The summed E-state index contributed by atoms with van der Waals surface area (Å²) in [6.07, 6.45) is 4.69. The van der Waals surface area contributed by atoms with E-state index in [1.807, 2.05) is 18.2 Å². The molecule has 0 amide bonds. The summed E-state index contributed by atoms with van der Waals surface area (Å²) in [5, 5.41) is 0. The lowest BCUT2D eigenvalue weighted by Crippen LogP contribution is -2.34. The molecule has 4 rings (SSSR count).